The predicted octanol–water partition coefficient (Wildman–Crippen LogP) is 2.73. The van der Waals surface area contributed by atoms with Gasteiger partial charge in [0.15, 0.2) is 0 Å². The van der Waals surface area contributed by atoms with Gasteiger partial charge in [0.2, 0.25) is 0 Å². The van der Waals surface area contributed by atoms with Gasteiger partial charge in [-0.05, 0) is 23.6 Å². The maximum absolute atomic E-state index is 11.9. The second-order valence-electron chi connectivity index (χ2n) is 4.11. The highest BCUT2D eigenvalue weighted by atomic mass is 16.5. The van der Waals surface area contributed by atoms with Crippen molar-refractivity contribution in [2.75, 3.05) is 13.7 Å². The van der Waals surface area contributed by atoms with Crippen LogP contribution in [-0.2, 0) is 0 Å². The molecule has 0 unspecified atom stereocenters. The lowest BCUT2D eigenvalue weighted by Gasteiger charge is -2.12. The number of carbonyl (C=O) groups excluding carboxylic acids is 1. The van der Waals surface area contributed by atoms with Crippen molar-refractivity contribution >= 4 is 5.91 Å². The second kappa shape index (κ2) is 6.09. The third kappa shape index (κ3) is 3.34. The minimum Gasteiger partial charge on any atom is -0.496 e. The first-order valence-electron chi connectivity index (χ1n) is 5.67. The Morgan fingerprint density at radius 2 is 2.24 bits per heavy atom. The van der Waals surface area contributed by atoms with Crippen LogP contribution >= 0.6 is 0 Å². The maximum Gasteiger partial charge on any atom is 0.255 e. The fraction of sp³-hybridized carbons (Fsp3) is 0.357. The fourth-order valence-corrected chi connectivity index (χ4v) is 1.52. The summed E-state index contributed by atoms with van der Waals surface area (Å²) in [5, 5.41) is 2.75. The van der Waals surface area contributed by atoms with Gasteiger partial charge in [0.1, 0.15) is 5.75 Å². The first kappa shape index (κ1) is 13.3. The van der Waals surface area contributed by atoms with Crippen molar-refractivity contribution in [3.8, 4) is 5.75 Å². The predicted molar refractivity (Wildman–Crippen MR) is 69.6 cm³/mol. The lowest BCUT2D eigenvalue weighted by atomic mass is 10.00. The molecule has 0 aliphatic heterocycles. The average molecular weight is 233 g/mol. The largest absolute Gasteiger partial charge is 0.496 e. The van der Waals surface area contributed by atoms with Gasteiger partial charge in [-0.1, -0.05) is 26.0 Å². The molecule has 0 spiro atoms. The van der Waals surface area contributed by atoms with Crippen LogP contribution in [0.1, 0.15) is 35.7 Å². The minimum absolute atomic E-state index is 0.135. The van der Waals surface area contributed by atoms with Gasteiger partial charge < -0.3 is 10.1 Å². The first-order chi connectivity index (χ1) is 8.10. The highest BCUT2D eigenvalue weighted by Crippen LogP contribution is 2.23. The van der Waals surface area contributed by atoms with E-state index in [1.165, 1.54) is 0 Å². The number of carbonyl (C=O) groups is 1. The molecule has 1 aromatic rings. The van der Waals surface area contributed by atoms with E-state index in [0.717, 1.165) is 5.56 Å². The molecule has 0 atom stereocenters. The van der Waals surface area contributed by atoms with E-state index in [0.29, 0.717) is 23.8 Å². The van der Waals surface area contributed by atoms with Crippen LogP contribution < -0.4 is 10.1 Å². The summed E-state index contributed by atoms with van der Waals surface area (Å²) in [6, 6.07) is 5.69. The monoisotopic (exact) mass is 233 g/mol. The van der Waals surface area contributed by atoms with E-state index in [9.17, 15) is 4.79 Å². The van der Waals surface area contributed by atoms with E-state index < -0.39 is 0 Å². The van der Waals surface area contributed by atoms with Crippen molar-refractivity contribution < 1.29 is 9.53 Å². The van der Waals surface area contributed by atoms with Crippen molar-refractivity contribution in [1.29, 1.82) is 0 Å². The van der Waals surface area contributed by atoms with E-state index in [-0.39, 0.29) is 5.91 Å². The van der Waals surface area contributed by atoms with Crippen molar-refractivity contribution in [3.05, 3.63) is 42.0 Å². The molecule has 3 nitrogen and oxygen atoms in total. The molecule has 1 rings (SSSR count). The second-order valence-corrected chi connectivity index (χ2v) is 4.11. The van der Waals surface area contributed by atoms with Gasteiger partial charge in [0, 0.05) is 6.54 Å². The molecule has 0 bridgehead atoms. The summed E-state index contributed by atoms with van der Waals surface area (Å²) in [7, 11) is 1.56. The van der Waals surface area contributed by atoms with Gasteiger partial charge in [0.25, 0.3) is 5.91 Å². The third-order valence-corrected chi connectivity index (χ3v) is 2.54. The Balaban J connectivity index is 3.04. The molecule has 1 N–H and O–H groups in total. The molecule has 0 saturated carbocycles. The molecule has 0 radical (unpaired) electrons. The summed E-state index contributed by atoms with van der Waals surface area (Å²) in [5.74, 6) is 0.840. The Kier molecular flexibility index (Phi) is 4.76. The molecule has 1 amide bonds. The molecule has 3 heteroatoms. The topological polar surface area (TPSA) is 38.3 Å². The van der Waals surface area contributed by atoms with Gasteiger partial charge in [-0.2, -0.15) is 0 Å². The zero-order valence-corrected chi connectivity index (χ0v) is 10.6. The molecule has 0 heterocycles. The van der Waals surface area contributed by atoms with Crippen LogP contribution in [-0.4, -0.2) is 19.6 Å². The average Bonchev–Trinajstić information content (AvgIpc) is 2.34. The molecule has 92 valence electrons. The lowest BCUT2D eigenvalue weighted by molar-refractivity contribution is 0.0955. The van der Waals surface area contributed by atoms with Crippen molar-refractivity contribution in [1.82, 2.24) is 5.32 Å². The van der Waals surface area contributed by atoms with Crippen LogP contribution in [0.15, 0.2) is 30.9 Å². The Hall–Kier alpha value is -1.77. The van der Waals surface area contributed by atoms with Crippen LogP contribution in [0.2, 0.25) is 0 Å². The number of hydrogen-bond donors (Lipinski definition) is 1. The molecule has 0 aliphatic carbocycles. The van der Waals surface area contributed by atoms with E-state index in [4.69, 9.17) is 4.74 Å². The Morgan fingerprint density at radius 1 is 1.53 bits per heavy atom. The fourth-order valence-electron chi connectivity index (χ4n) is 1.52. The van der Waals surface area contributed by atoms with Gasteiger partial charge in [-0.15, -0.1) is 6.58 Å². The summed E-state index contributed by atoms with van der Waals surface area (Å²) >= 11 is 0. The van der Waals surface area contributed by atoms with Gasteiger partial charge in [-0.25, -0.2) is 0 Å². The quantitative estimate of drug-likeness (QED) is 0.794. The summed E-state index contributed by atoms with van der Waals surface area (Å²) in [5.41, 5.74) is 1.69. The van der Waals surface area contributed by atoms with Crippen LogP contribution in [0.5, 0.6) is 5.75 Å². The number of hydrogen-bond acceptors (Lipinski definition) is 2. The normalized spacial score (nSPS) is 10.1. The third-order valence-electron chi connectivity index (χ3n) is 2.54. The molecule has 0 aliphatic rings. The van der Waals surface area contributed by atoms with E-state index in [2.05, 4.69) is 25.7 Å². The number of rotatable bonds is 5. The standard InChI is InChI=1S/C14H19NO2/c1-5-8-15-14(16)12-9-11(10(2)3)6-7-13(12)17-4/h5-7,9-10H,1,8H2,2-4H3,(H,15,16). The molecular weight excluding hydrogens is 214 g/mol. The number of nitrogens with one attached hydrogen (secondary N) is 1. The highest BCUT2D eigenvalue weighted by Gasteiger charge is 2.13. The highest BCUT2D eigenvalue weighted by molar-refractivity contribution is 5.97. The van der Waals surface area contributed by atoms with Crippen LogP contribution in [0, 0.1) is 0 Å². The van der Waals surface area contributed by atoms with E-state index in [1.807, 2.05) is 18.2 Å². The number of methoxy groups -OCH3 is 1. The number of ether oxygens (including phenoxy) is 1. The Bertz CT molecular complexity index is 411. The van der Waals surface area contributed by atoms with E-state index in [1.54, 1.807) is 13.2 Å². The molecule has 1 aromatic carbocycles. The minimum atomic E-state index is -0.135. The Labute approximate surface area is 102 Å². The van der Waals surface area contributed by atoms with Gasteiger partial charge >= 0.3 is 0 Å². The molecular formula is C14H19NO2. The van der Waals surface area contributed by atoms with E-state index >= 15 is 0 Å². The summed E-state index contributed by atoms with van der Waals surface area (Å²) in [4.78, 5) is 11.9. The smallest absolute Gasteiger partial charge is 0.255 e. The lowest BCUT2D eigenvalue weighted by Crippen LogP contribution is -2.23. The molecule has 0 aromatic heterocycles. The summed E-state index contributed by atoms with van der Waals surface area (Å²) < 4.78 is 5.19. The zero-order valence-electron chi connectivity index (χ0n) is 10.6. The van der Waals surface area contributed by atoms with Crippen LogP contribution in [0.25, 0.3) is 0 Å². The number of amides is 1. The Morgan fingerprint density at radius 3 is 2.76 bits per heavy atom. The van der Waals surface area contributed by atoms with Gasteiger partial charge in [0.05, 0.1) is 12.7 Å². The summed E-state index contributed by atoms with van der Waals surface area (Å²) in [6.07, 6.45) is 1.65. The maximum atomic E-state index is 11.9. The van der Waals surface area contributed by atoms with Crippen molar-refractivity contribution in [2.24, 2.45) is 0 Å². The van der Waals surface area contributed by atoms with Crippen LogP contribution in [0.3, 0.4) is 0 Å². The molecule has 17 heavy (non-hydrogen) atoms. The molecule has 0 fully saturated rings. The molecule has 0 saturated heterocycles. The van der Waals surface area contributed by atoms with Crippen molar-refractivity contribution in [3.63, 3.8) is 0 Å². The van der Waals surface area contributed by atoms with Gasteiger partial charge in [-0.3, -0.25) is 4.79 Å². The van der Waals surface area contributed by atoms with Crippen LogP contribution in [0.4, 0.5) is 0 Å². The van der Waals surface area contributed by atoms with Crippen molar-refractivity contribution in [2.45, 2.75) is 19.8 Å². The first-order valence-corrected chi connectivity index (χ1v) is 5.67. The number of benzene rings is 1. The SMILES string of the molecule is C=CCNC(=O)c1cc(C(C)C)ccc1OC. The summed E-state index contributed by atoms with van der Waals surface area (Å²) in [6.45, 7) is 8.20. The zero-order chi connectivity index (χ0) is 12.8.